The minimum absolute atomic E-state index is 0.0812. The average molecular weight is 253 g/mol. The van der Waals surface area contributed by atoms with Crippen LogP contribution in [0.3, 0.4) is 0 Å². The van der Waals surface area contributed by atoms with Crippen LogP contribution in [0, 0.1) is 11.2 Å². The molecule has 1 rings (SSSR count). The number of halogens is 1. The van der Waals surface area contributed by atoms with Crippen LogP contribution in [0.5, 0.6) is 0 Å². The van der Waals surface area contributed by atoms with E-state index in [0.29, 0.717) is 24.4 Å². The summed E-state index contributed by atoms with van der Waals surface area (Å²) in [5.41, 5.74) is 6.23. The lowest BCUT2D eigenvalue weighted by atomic mass is 10.1. The standard InChI is InChI=1S/C13H20FN3O/c1-4-17(9(2)8-18-3)12-6-5-10(13(15)16)7-11(12)14/h5-7,9H,4,8H2,1-3H3,(H3,15,16). The molecular weight excluding hydrogens is 233 g/mol. The number of nitrogens with zero attached hydrogens (tertiary/aromatic N) is 1. The first-order valence-corrected chi connectivity index (χ1v) is 5.90. The molecule has 1 unspecified atom stereocenters. The van der Waals surface area contributed by atoms with Gasteiger partial charge in [0, 0.05) is 25.3 Å². The largest absolute Gasteiger partial charge is 0.384 e. The van der Waals surface area contributed by atoms with Gasteiger partial charge in [-0.25, -0.2) is 4.39 Å². The second-order valence-corrected chi connectivity index (χ2v) is 4.17. The molecule has 3 N–H and O–H groups in total. The van der Waals surface area contributed by atoms with Crippen LogP contribution in [0.25, 0.3) is 0 Å². The molecule has 0 saturated heterocycles. The predicted molar refractivity (Wildman–Crippen MR) is 71.8 cm³/mol. The molecule has 0 aliphatic heterocycles. The Hall–Kier alpha value is -1.62. The molecular formula is C13H20FN3O. The zero-order valence-electron chi connectivity index (χ0n) is 11.0. The van der Waals surface area contributed by atoms with E-state index in [-0.39, 0.29) is 17.7 Å². The van der Waals surface area contributed by atoms with Gasteiger partial charge in [0.05, 0.1) is 12.3 Å². The molecule has 18 heavy (non-hydrogen) atoms. The number of methoxy groups -OCH3 is 1. The Balaban J connectivity index is 3.03. The number of likely N-dealkylation sites (N-methyl/N-ethyl adjacent to an activating group) is 1. The molecule has 0 bridgehead atoms. The van der Waals surface area contributed by atoms with E-state index in [1.807, 2.05) is 18.7 Å². The van der Waals surface area contributed by atoms with Gasteiger partial charge in [-0.2, -0.15) is 0 Å². The summed E-state index contributed by atoms with van der Waals surface area (Å²) in [6.07, 6.45) is 0. The summed E-state index contributed by atoms with van der Waals surface area (Å²) in [6.45, 7) is 5.15. The zero-order chi connectivity index (χ0) is 13.7. The van der Waals surface area contributed by atoms with Gasteiger partial charge >= 0.3 is 0 Å². The van der Waals surface area contributed by atoms with Gasteiger partial charge in [-0.1, -0.05) is 0 Å². The van der Waals surface area contributed by atoms with Crippen molar-refractivity contribution in [2.75, 3.05) is 25.2 Å². The number of nitrogen functional groups attached to an aromatic ring is 1. The number of anilines is 1. The highest BCUT2D eigenvalue weighted by Crippen LogP contribution is 2.22. The maximum atomic E-state index is 14.0. The van der Waals surface area contributed by atoms with Gasteiger partial charge < -0.3 is 15.4 Å². The molecule has 0 amide bonds. The van der Waals surface area contributed by atoms with E-state index in [0.717, 1.165) is 0 Å². The Labute approximate surface area is 107 Å². The van der Waals surface area contributed by atoms with Gasteiger partial charge in [-0.05, 0) is 32.0 Å². The van der Waals surface area contributed by atoms with Crippen LogP contribution in [0.2, 0.25) is 0 Å². The van der Waals surface area contributed by atoms with E-state index in [9.17, 15) is 4.39 Å². The molecule has 0 aliphatic carbocycles. The van der Waals surface area contributed by atoms with Crippen molar-refractivity contribution in [3.63, 3.8) is 0 Å². The van der Waals surface area contributed by atoms with Crippen molar-refractivity contribution in [2.45, 2.75) is 19.9 Å². The Kier molecular flexibility index (Phi) is 5.09. The fraction of sp³-hybridized carbons (Fsp3) is 0.462. The highest BCUT2D eigenvalue weighted by Gasteiger charge is 2.16. The van der Waals surface area contributed by atoms with Crippen LogP contribution in [0.1, 0.15) is 19.4 Å². The van der Waals surface area contributed by atoms with E-state index in [4.69, 9.17) is 15.9 Å². The monoisotopic (exact) mass is 253 g/mol. The van der Waals surface area contributed by atoms with Gasteiger partial charge in [0.25, 0.3) is 0 Å². The number of hydrogen-bond donors (Lipinski definition) is 2. The molecule has 0 saturated carbocycles. The zero-order valence-corrected chi connectivity index (χ0v) is 11.0. The predicted octanol–water partition coefficient (Wildman–Crippen LogP) is 1.97. The Morgan fingerprint density at radius 2 is 2.22 bits per heavy atom. The summed E-state index contributed by atoms with van der Waals surface area (Å²) in [5, 5.41) is 7.28. The minimum Gasteiger partial charge on any atom is -0.384 e. The maximum absolute atomic E-state index is 14.0. The highest BCUT2D eigenvalue weighted by atomic mass is 19.1. The third kappa shape index (κ3) is 3.20. The number of benzene rings is 1. The maximum Gasteiger partial charge on any atom is 0.147 e. The van der Waals surface area contributed by atoms with E-state index in [1.54, 1.807) is 19.2 Å². The summed E-state index contributed by atoms with van der Waals surface area (Å²) in [4.78, 5) is 1.92. The summed E-state index contributed by atoms with van der Waals surface area (Å²) in [6, 6.07) is 4.68. The molecule has 1 atom stereocenters. The van der Waals surface area contributed by atoms with Crippen LogP contribution in [-0.4, -0.2) is 32.1 Å². The minimum atomic E-state index is -0.368. The number of rotatable bonds is 6. The molecule has 0 heterocycles. The summed E-state index contributed by atoms with van der Waals surface area (Å²) < 4.78 is 19.1. The first kappa shape index (κ1) is 14.4. The first-order chi connectivity index (χ1) is 8.51. The van der Waals surface area contributed by atoms with Crippen LogP contribution in [-0.2, 0) is 4.74 Å². The Bertz CT molecular complexity index is 423. The van der Waals surface area contributed by atoms with E-state index < -0.39 is 0 Å². The highest BCUT2D eigenvalue weighted by molar-refractivity contribution is 5.95. The van der Waals surface area contributed by atoms with Crippen molar-refractivity contribution < 1.29 is 9.13 Å². The number of amidine groups is 1. The van der Waals surface area contributed by atoms with Crippen molar-refractivity contribution >= 4 is 11.5 Å². The van der Waals surface area contributed by atoms with Crippen molar-refractivity contribution in [2.24, 2.45) is 5.73 Å². The molecule has 0 spiro atoms. The number of nitrogens with one attached hydrogen (secondary N) is 1. The molecule has 0 fully saturated rings. The van der Waals surface area contributed by atoms with Crippen LogP contribution >= 0.6 is 0 Å². The van der Waals surface area contributed by atoms with Crippen molar-refractivity contribution in [1.82, 2.24) is 0 Å². The Morgan fingerprint density at radius 3 is 2.67 bits per heavy atom. The molecule has 100 valence electrons. The van der Waals surface area contributed by atoms with Crippen LogP contribution < -0.4 is 10.6 Å². The van der Waals surface area contributed by atoms with Crippen molar-refractivity contribution in [3.05, 3.63) is 29.6 Å². The SMILES string of the molecule is CCN(c1ccc(C(=N)N)cc1F)C(C)COC. The lowest BCUT2D eigenvalue weighted by Crippen LogP contribution is -2.36. The van der Waals surface area contributed by atoms with Gasteiger partial charge in [0.2, 0.25) is 0 Å². The second kappa shape index (κ2) is 6.35. The Morgan fingerprint density at radius 1 is 1.56 bits per heavy atom. The first-order valence-electron chi connectivity index (χ1n) is 5.90. The van der Waals surface area contributed by atoms with Gasteiger partial charge in [0.1, 0.15) is 11.7 Å². The van der Waals surface area contributed by atoms with E-state index >= 15 is 0 Å². The fourth-order valence-electron chi connectivity index (χ4n) is 1.96. The van der Waals surface area contributed by atoms with Crippen molar-refractivity contribution in [1.29, 1.82) is 5.41 Å². The number of ether oxygens (including phenoxy) is 1. The summed E-state index contributed by atoms with van der Waals surface area (Å²) in [5.74, 6) is -0.499. The summed E-state index contributed by atoms with van der Waals surface area (Å²) in [7, 11) is 1.62. The third-order valence-electron chi connectivity index (χ3n) is 2.85. The lowest BCUT2D eigenvalue weighted by Gasteiger charge is -2.30. The molecule has 0 aromatic heterocycles. The number of hydrogen-bond acceptors (Lipinski definition) is 3. The van der Waals surface area contributed by atoms with Gasteiger partial charge in [-0.3, -0.25) is 5.41 Å². The lowest BCUT2D eigenvalue weighted by molar-refractivity contribution is 0.181. The normalized spacial score (nSPS) is 12.2. The molecule has 0 aliphatic rings. The topological polar surface area (TPSA) is 62.3 Å². The molecule has 4 nitrogen and oxygen atoms in total. The van der Waals surface area contributed by atoms with E-state index in [1.165, 1.54) is 6.07 Å². The van der Waals surface area contributed by atoms with Gasteiger partial charge in [-0.15, -0.1) is 0 Å². The second-order valence-electron chi connectivity index (χ2n) is 4.17. The molecule has 1 aromatic carbocycles. The summed E-state index contributed by atoms with van der Waals surface area (Å²) >= 11 is 0. The van der Waals surface area contributed by atoms with E-state index in [2.05, 4.69) is 0 Å². The van der Waals surface area contributed by atoms with Crippen molar-refractivity contribution in [3.8, 4) is 0 Å². The molecule has 5 heteroatoms. The fourth-order valence-corrected chi connectivity index (χ4v) is 1.96. The van der Waals surface area contributed by atoms with Crippen LogP contribution in [0.15, 0.2) is 18.2 Å². The molecule has 0 radical (unpaired) electrons. The third-order valence-corrected chi connectivity index (χ3v) is 2.85. The smallest absolute Gasteiger partial charge is 0.147 e. The van der Waals surface area contributed by atoms with Gasteiger partial charge in [0.15, 0.2) is 0 Å². The van der Waals surface area contributed by atoms with Crippen LogP contribution in [0.4, 0.5) is 10.1 Å². The quantitative estimate of drug-likeness (QED) is 0.602. The number of nitrogens with two attached hydrogens (primary N) is 1. The average Bonchev–Trinajstić information content (AvgIpc) is 2.32. The molecule has 1 aromatic rings.